The zero-order valence-corrected chi connectivity index (χ0v) is 8.36. The van der Waals surface area contributed by atoms with Gasteiger partial charge in [-0.1, -0.05) is 6.07 Å². The Kier molecular flexibility index (Phi) is 2.51. The summed E-state index contributed by atoms with van der Waals surface area (Å²) in [4.78, 5) is 0. The summed E-state index contributed by atoms with van der Waals surface area (Å²) in [6, 6.07) is 3.77. The molecular formula is C9H8Cl2O2. The van der Waals surface area contributed by atoms with Crippen molar-refractivity contribution in [2.24, 2.45) is 0 Å². The van der Waals surface area contributed by atoms with E-state index in [1.54, 1.807) is 0 Å². The van der Waals surface area contributed by atoms with Gasteiger partial charge >= 0.3 is 0 Å². The number of rotatable bonds is 2. The van der Waals surface area contributed by atoms with Crippen molar-refractivity contribution in [2.45, 2.75) is 11.8 Å². The van der Waals surface area contributed by atoms with Crippen LogP contribution >= 0.6 is 23.2 Å². The van der Waals surface area contributed by atoms with Crippen LogP contribution in [0.15, 0.2) is 12.1 Å². The molecule has 2 nitrogen and oxygen atoms in total. The highest BCUT2D eigenvalue weighted by Crippen LogP contribution is 2.38. The van der Waals surface area contributed by atoms with E-state index in [0.717, 1.165) is 22.6 Å². The molecule has 1 aromatic rings. The lowest BCUT2D eigenvalue weighted by molar-refractivity contribution is 0.173. The van der Waals surface area contributed by atoms with Gasteiger partial charge in [-0.25, -0.2) is 0 Å². The molecule has 0 N–H and O–H groups in total. The Morgan fingerprint density at radius 1 is 1.15 bits per heavy atom. The highest BCUT2D eigenvalue weighted by molar-refractivity contribution is 6.19. The topological polar surface area (TPSA) is 18.5 Å². The van der Waals surface area contributed by atoms with E-state index in [1.165, 1.54) is 0 Å². The smallest absolute Gasteiger partial charge is 0.231 e. The van der Waals surface area contributed by atoms with Crippen molar-refractivity contribution in [3.8, 4) is 11.5 Å². The number of hydrogen-bond donors (Lipinski definition) is 0. The first-order valence-electron chi connectivity index (χ1n) is 3.89. The average Bonchev–Trinajstić information content (AvgIpc) is 2.63. The van der Waals surface area contributed by atoms with Gasteiger partial charge in [-0.05, 0) is 11.6 Å². The van der Waals surface area contributed by atoms with E-state index < -0.39 is 0 Å². The number of halogens is 2. The van der Waals surface area contributed by atoms with Crippen molar-refractivity contribution >= 4 is 23.2 Å². The van der Waals surface area contributed by atoms with Gasteiger partial charge in [0, 0.05) is 11.4 Å². The molecule has 4 heteroatoms. The Hall–Kier alpha value is -0.600. The van der Waals surface area contributed by atoms with Crippen LogP contribution in [0.5, 0.6) is 11.5 Å². The molecule has 0 radical (unpaired) electrons. The van der Waals surface area contributed by atoms with E-state index in [-0.39, 0.29) is 6.79 Å². The first-order chi connectivity index (χ1) is 6.36. The lowest BCUT2D eigenvalue weighted by Gasteiger charge is -2.06. The minimum Gasteiger partial charge on any atom is -0.454 e. The molecule has 0 amide bonds. The first kappa shape index (κ1) is 8.97. The summed E-state index contributed by atoms with van der Waals surface area (Å²) < 4.78 is 10.5. The van der Waals surface area contributed by atoms with Gasteiger partial charge in [0.15, 0.2) is 11.5 Å². The molecule has 0 saturated carbocycles. The Balaban J connectivity index is 2.53. The fourth-order valence-electron chi connectivity index (χ4n) is 1.34. The van der Waals surface area contributed by atoms with Gasteiger partial charge in [-0.15, -0.1) is 23.2 Å². The molecule has 0 aliphatic carbocycles. The third-order valence-electron chi connectivity index (χ3n) is 2.02. The van der Waals surface area contributed by atoms with Crippen molar-refractivity contribution in [2.75, 3.05) is 6.79 Å². The van der Waals surface area contributed by atoms with E-state index in [1.807, 2.05) is 12.1 Å². The van der Waals surface area contributed by atoms with Crippen LogP contribution in [0.2, 0.25) is 0 Å². The van der Waals surface area contributed by atoms with E-state index in [2.05, 4.69) is 0 Å². The van der Waals surface area contributed by atoms with E-state index in [0.29, 0.717) is 11.8 Å². The van der Waals surface area contributed by atoms with Gasteiger partial charge < -0.3 is 9.47 Å². The molecule has 0 unspecified atom stereocenters. The lowest BCUT2D eigenvalue weighted by Crippen LogP contribution is -1.95. The molecular weight excluding hydrogens is 211 g/mol. The van der Waals surface area contributed by atoms with Crippen LogP contribution in [-0.2, 0) is 11.8 Å². The van der Waals surface area contributed by atoms with Gasteiger partial charge in [-0.2, -0.15) is 0 Å². The Bertz CT molecular complexity index is 326. The summed E-state index contributed by atoms with van der Waals surface area (Å²) in [7, 11) is 0. The molecule has 1 heterocycles. The van der Waals surface area contributed by atoms with Crippen LogP contribution in [0.1, 0.15) is 11.1 Å². The average molecular weight is 219 g/mol. The molecule has 0 bridgehead atoms. The molecule has 0 fully saturated rings. The Morgan fingerprint density at radius 2 is 2.00 bits per heavy atom. The minimum absolute atomic E-state index is 0.269. The minimum atomic E-state index is 0.269. The molecule has 1 aromatic carbocycles. The standard InChI is InChI=1S/C9H8Cl2O2/c10-3-6-1-2-8-9(7(6)4-11)13-5-12-8/h1-2H,3-5H2. The largest absolute Gasteiger partial charge is 0.454 e. The second kappa shape index (κ2) is 3.64. The van der Waals surface area contributed by atoms with Gasteiger partial charge in [0.1, 0.15) is 0 Å². The van der Waals surface area contributed by atoms with Gasteiger partial charge in [0.25, 0.3) is 0 Å². The maximum absolute atomic E-state index is 5.80. The summed E-state index contributed by atoms with van der Waals surface area (Å²) in [6.45, 7) is 0.269. The summed E-state index contributed by atoms with van der Waals surface area (Å²) in [5.41, 5.74) is 1.94. The molecule has 70 valence electrons. The van der Waals surface area contributed by atoms with E-state index in [4.69, 9.17) is 32.7 Å². The predicted molar refractivity (Wildman–Crippen MR) is 51.7 cm³/mol. The summed E-state index contributed by atoms with van der Waals surface area (Å²) in [6.07, 6.45) is 0. The van der Waals surface area contributed by atoms with Crippen LogP contribution in [-0.4, -0.2) is 6.79 Å². The Morgan fingerprint density at radius 3 is 2.69 bits per heavy atom. The second-order valence-electron chi connectivity index (χ2n) is 2.70. The SMILES string of the molecule is ClCc1ccc2c(c1CCl)OCO2. The molecule has 1 aliphatic rings. The molecule has 13 heavy (non-hydrogen) atoms. The summed E-state index contributed by atoms with van der Waals surface area (Å²) in [5, 5.41) is 0. The maximum Gasteiger partial charge on any atom is 0.231 e. The zero-order chi connectivity index (χ0) is 9.26. The highest BCUT2D eigenvalue weighted by Gasteiger charge is 2.19. The van der Waals surface area contributed by atoms with Crippen molar-refractivity contribution < 1.29 is 9.47 Å². The van der Waals surface area contributed by atoms with Gasteiger partial charge in [0.2, 0.25) is 6.79 Å². The van der Waals surface area contributed by atoms with Crippen LogP contribution in [0.25, 0.3) is 0 Å². The third kappa shape index (κ3) is 1.45. The van der Waals surface area contributed by atoms with Gasteiger partial charge in [0.05, 0.1) is 5.88 Å². The number of benzene rings is 1. The predicted octanol–water partition coefficient (Wildman–Crippen LogP) is 2.89. The van der Waals surface area contributed by atoms with Crippen LogP contribution in [0, 0.1) is 0 Å². The van der Waals surface area contributed by atoms with Crippen LogP contribution in [0.4, 0.5) is 0 Å². The van der Waals surface area contributed by atoms with E-state index in [9.17, 15) is 0 Å². The zero-order valence-electron chi connectivity index (χ0n) is 6.85. The summed E-state index contributed by atoms with van der Waals surface area (Å²) in [5.74, 6) is 2.34. The first-order valence-corrected chi connectivity index (χ1v) is 4.96. The van der Waals surface area contributed by atoms with Crippen LogP contribution in [0.3, 0.4) is 0 Å². The number of alkyl halides is 2. The van der Waals surface area contributed by atoms with Crippen molar-refractivity contribution in [1.82, 2.24) is 0 Å². The quantitative estimate of drug-likeness (QED) is 0.712. The van der Waals surface area contributed by atoms with Crippen LogP contribution < -0.4 is 9.47 Å². The monoisotopic (exact) mass is 218 g/mol. The fourth-order valence-corrected chi connectivity index (χ4v) is 1.89. The van der Waals surface area contributed by atoms with Crippen molar-refractivity contribution in [1.29, 1.82) is 0 Å². The normalized spacial score (nSPS) is 13.4. The number of fused-ring (bicyclic) bond motifs is 1. The Labute approximate surface area is 86.4 Å². The molecule has 1 aliphatic heterocycles. The fraction of sp³-hybridized carbons (Fsp3) is 0.333. The van der Waals surface area contributed by atoms with Gasteiger partial charge in [-0.3, -0.25) is 0 Å². The molecule has 0 atom stereocenters. The highest BCUT2D eigenvalue weighted by atomic mass is 35.5. The lowest BCUT2D eigenvalue weighted by atomic mass is 10.1. The summed E-state index contributed by atoms with van der Waals surface area (Å²) >= 11 is 11.6. The number of hydrogen-bond acceptors (Lipinski definition) is 2. The third-order valence-corrected chi connectivity index (χ3v) is 2.57. The molecule has 2 rings (SSSR count). The molecule has 0 spiro atoms. The second-order valence-corrected chi connectivity index (χ2v) is 3.24. The molecule has 0 aromatic heterocycles. The number of ether oxygens (including phenoxy) is 2. The van der Waals surface area contributed by atoms with Crippen molar-refractivity contribution in [3.63, 3.8) is 0 Å². The van der Waals surface area contributed by atoms with Crippen molar-refractivity contribution in [3.05, 3.63) is 23.3 Å². The maximum atomic E-state index is 5.80. The van der Waals surface area contributed by atoms with E-state index >= 15 is 0 Å². The molecule has 0 saturated heterocycles.